The standard InChI is InChI=1S/C27H22FNO4/c1-15-6-5-7-19(12-15)29-24(20-8-3-4-9-21(20)28)23(26(31)27(29)32)25(30)17-10-11-22-18(14-17)13-16(2)33-22/h3-12,14,16,24,30H,13H2,1-2H3/b25-23+. The number of fused-ring (bicyclic) bond motifs is 1. The molecule has 1 fully saturated rings. The zero-order chi connectivity index (χ0) is 23.3. The minimum atomic E-state index is -1.10. The van der Waals surface area contributed by atoms with Gasteiger partial charge < -0.3 is 9.84 Å². The first kappa shape index (κ1) is 20.9. The fraction of sp³-hybridized carbons (Fsp3) is 0.185. The van der Waals surface area contributed by atoms with Crippen molar-refractivity contribution in [1.82, 2.24) is 0 Å². The van der Waals surface area contributed by atoms with Gasteiger partial charge in [0, 0.05) is 23.2 Å². The molecule has 0 aromatic heterocycles. The number of nitrogens with zero attached hydrogens (tertiary/aromatic N) is 1. The highest BCUT2D eigenvalue weighted by Crippen LogP contribution is 2.43. The van der Waals surface area contributed by atoms with E-state index in [1.165, 1.54) is 17.0 Å². The van der Waals surface area contributed by atoms with Gasteiger partial charge in [-0.25, -0.2) is 4.39 Å². The molecule has 33 heavy (non-hydrogen) atoms. The molecule has 1 saturated heterocycles. The van der Waals surface area contributed by atoms with E-state index >= 15 is 0 Å². The summed E-state index contributed by atoms with van der Waals surface area (Å²) < 4.78 is 20.7. The van der Waals surface area contributed by atoms with Crippen LogP contribution in [0.3, 0.4) is 0 Å². The molecule has 1 N–H and O–H groups in total. The number of carbonyl (C=O) groups is 2. The normalized spacial score (nSPS) is 21.2. The molecule has 0 saturated carbocycles. The zero-order valence-corrected chi connectivity index (χ0v) is 18.2. The van der Waals surface area contributed by atoms with E-state index < -0.39 is 23.5 Å². The van der Waals surface area contributed by atoms with E-state index in [2.05, 4.69) is 0 Å². The lowest BCUT2D eigenvalue weighted by Gasteiger charge is -2.26. The van der Waals surface area contributed by atoms with Gasteiger partial charge in [-0.05, 0) is 61.4 Å². The van der Waals surface area contributed by atoms with Crippen molar-refractivity contribution in [3.05, 3.63) is 100 Å². The number of hydrogen-bond donors (Lipinski definition) is 1. The van der Waals surface area contributed by atoms with E-state index in [9.17, 15) is 19.1 Å². The van der Waals surface area contributed by atoms with Gasteiger partial charge in [-0.2, -0.15) is 0 Å². The Morgan fingerprint density at radius 2 is 1.85 bits per heavy atom. The maximum atomic E-state index is 15.0. The van der Waals surface area contributed by atoms with E-state index in [4.69, 9.17) is 4.74 Å². The summed E-state index contributed by atoms with van der Waals surface area (Å²) in [5.41, 5.74) is 2.63. The van der Waals surface area contributed by atoms with Crippen LogP contribution in [0.15, 0.2) is 72.3 Å². The number of anilines is 1. The molecule has 0 bridgehead atoms. The van der Waals surface area contributed by atoms with Crippen molar-refractivity contribution in [3.8, 4) is 5.75 Å². The molecule has 3 aromatic rings. The molecule has 6 heteroatoms. The molecule has 3 aromatic carbocycles. The minimum Gasteiger partial charge on any atom is -0.507 e. The van der Waals surface area contributed by atoms with Crippen LogP contribution in [-0.4, -0.2) is 22.9 Å². The second-order valence-corrected chi connectivity index (χ2v) is 8.48. The Labute approximate surface area is 190 Å². The molecule has 2 aliphatic rings. The van der Waals surface area contributed by atoms with Crippen LogP contribution in [0, 0.1) is 12.7 Å². The fourth-order valence-electron chi connectivity index (χ4n) is 4.59. The van der Waals surface area contributed by atoms with Crippen LogP contribution >= 0.6 is 0 Å². The van der Waals surface area contributed by atoms with Crippen LogP contribution in [0.1, 0.15) is 35.2 Å². The van der Waals surface area contributed by atoms with Crippen molar-refractivity contribution in [2.75, 3.05) is 4.90 Å². The average molecular weight is 443 g/mol. The first-order valence-corrected chi connectivity index (χ1v) is 10.8. The number of hydrogen-bond acceptors (Lipinski definition) is 4. The van der Waals surface area contributed by atoms with Gasteiger partial charge in [0.25, 0.3) is 11.7 Å². The highest BCUT2D eigenvalue weighted by molar-refractivity contribution is 6.51. The van der Waals surface area contributed by atoms with Crippen molar-refractivity contribution in [2.24, 2.45) is 0 Å². The predicted molar refractivity (Wildman–Crippen MR) is 123 cm³/mol. The maximum absolute atomic E-state index is 15.0. The quantitative estimate of drug-likeness (QED) is 0.348. The molecule has 2 aliphatic heterocycles. The monoisotopic (exact) mass is 443 g/mol. The largest absolute Gasteiger partial charge is 0.507 e. The molecular weight excluding hydrogens is 421 g/mol. The van der Waals surface area contributed by atoms with Crippen molar-refractivity contribution in [2.45, 2.75) is 32.4 Å². The Morgan fingerprint density at radius 3 is 2.61 bits per heavy atom. The highest BCUT2D eigenvalue weighted by atomic mass is 19.1. The van der Waals surface area contributed by atoms with Crippen LogP contribution in [0.2, 0.25) is 0 Å². The second kappa shape index (κ2) is 7.89. The van der Waals surface area contributed by atoms with Crippen molar-refractivity contribution >= 4 is 23.1 Å². The summed E-state index contributed by atoms with van der Waals surface area (Å²) >= 11 is 0. The van der Waals surface area contributed by atoms with E-state index in [1.807, 2.05) is 19.9 Å². The van der Waals surface area contributed by atoms with Crippen LogP contribution in [0.4, 0.5) is 10.1 Å². The SMILES string of the molecule is Cc1cccc(N2C(=O)C(=O)/C(=C(/O)c3ccc4c(c3)CC(C)O4)C2c2ccccc2F)c1. The molecule has 1 amide bonds. The Balaban J connectivity index is 1.72. The number of aryl methyl sites for hydroxylation is 1. The number of carbonyl (C=O) groups excluding carboxylic acids is 2. The molecule has 0 spiro atoms. The first-order chi connectivity index (χ1) is 15.8. The number of amides is 1. The number of aliphatic hydroxyl groups is 1. The average Bonchev–Trinajstić information content (AvgIpc) is 3.29. The highest BCUT2D eigenvalue weighted by Gasteiger charge is 2.47. The van der Waals surface area contributed by atoms with Gasteiger partial charge in [-0.15, -0.1) is 0 Å². The van der Waals surface area contributed by atoms with Crippen molar-refractivity contribution < 1.29 is 23.8 Å². The third-order valence-electron chi connectivity index (χ3n) is 6.09. The number of halogens is 1. The van der Waals surface area contributed by atoms with Gasteiger partial charge in [0.05, 0.1) is 11.6 Å². The summed E-state index contributed by atoms with van der Waals surface area (Å²) in [5.74, 6) is -1.84. The third-order valence-corrected chi connectivity index (χ3v) is 6.09. The number of rotatable bonds is 3. The fourth-order valence-corrected chi connectivity index (χ4v) is 4.59. The molecule has 5 rings (SSSR count). The van der Waals surface area contributed by atoms with E-state index in [0.29, 0.717) is 17.7 Å². The minimum absolute atomic E-state index is 0.0164. The third kappa shape index (κ3) is 3.48. The number of aliphatic hydroxyl groups excluding tert-OH is 1. The summed E-state index contributed by atoms with van der Waals surface area (Å²) in [6, 6.07) is 17.1. The van der Waals surface area contributed by atoms with E-state index in [1.54, 1.807) is 48.5 Å². The second-order valence-electron chi connectivity index (χ2n) is 8.48. The first-order valence-electron chi connectivity index (χ1n) is 10.8. The Hall–Kier alpha value is -3.93. The van der Waals surface area contributed by atoms with E-state index in [-0.39, 0.29) is 23.0 Å². The zero-order valence-electron chi connectivity index (χ0n) is 18.2. The van der Waals surface area contributed by atoms with Crippen LogP contribution in [0.25, 0.3) is 5.76 Å². The molecule has 2 unspecified atom stereocenters. The summed E-state index contributed by atoms with van der Waals surface area (Å²) in [6.07, 6.45) is 0.688. The molecule has 2 heterocycles. The lowest BCUT2D eigenvalue weighted by molar-refractivity contribution is -0.132. The van der Waals surface area contributed by atoms with Gasteiger partial charge in [0.15, 0.2) is 0 Å². The van der Waals surface area contributed by atoms with Gasteiger partial charge in [-0.3, -0.25) is 14.5 Å². The lowest BCUT2D eigenvalue weighted by atomic mass is 9.94. The topological polar surface area (TPSA) is 66.8 Å². The van der Waals surface area contributed by atoms with Crippen molar-refractivity contribution in [1.29, 1.82) is 0 Å². The molecule has 5 nitrogen and oxygen atoms in total. The summed E-state index contributed by atoms with van der Waals surface area (Å²) in [5, 5.41) is 11.3. The maximum Gasteiger partial charge on any atom is 0.300 e. The van der Waals surface area contributed by atoms with Crippen LogP contribution in [0.5, 0.6) is 5.75 Å². The predicted octanol–water partition coefficient (Wildman–Crippen LogP) is 5.08. The van der Waals surface area contributed by atoms with Crippen molar-refractivity contribution in [3.63, 3.8) is 0 Å². The number of benzene rings is 3. The molecule has 0 radical (unpaired) electrons. The van der Waals surface area contributed by atoms with Gasteiger partial charge in [0.2, 0.25) is 0 Å². The lowest BCUT2D eigenvalue weighted by Crippen LogP contribution is -2.29. The van der Waals surface area contributed by atoms with Gasteiger partial charge in [-0.1, -0.05) is 30.3 Å². The summed E-state index contributed by atoms with van der Waals surface area (Å²) in [7, 11) is 0. The smallest absolute Gasteiger partial charge is 0.300 e. The Bertz CT molecular complexity index is 1330. The summed E-state index contributed by atoms with van der Waals surface area (Å²) in [4.78, 5) is 27.7. The Kier molecular flexibility index (Phi) is 5.01. The van der Waals surface area contributed by atoms with E-state index in [0.717, 1.165) is 16.9 Å². The molecule has 0 aliphatic carbocycles. The molecule has 166 valence electrons. The van der Waals surface area contributed by atoms with Gasteiger partial charge >= 0.3 is 0 Å². The van der Waals surface area contributed by atoms with Crippen LogP contribution in [-0.2, 0) is 16.0 Å². The number of Topliss-reactive ketones (excluding diaryl/α,β-unsaturated/α-hetero) is 1. The Morgan fingerprint density at radius 1 is 1.06 bits per heavy atom. The van der Waals surface area contributed by atoms with Gasteiger partial charge in [0.1, 0.15) is 23.4 Å². The summed E-state index contributed by atoms with van der Waals surface area (Å²) in [6.45, 7) is 3.82. The number of ketones is 1. The molecular formula is C27H22FNO4. The van der Waals surface area contributed by atoms with Crippen LogP contribution < -0.4 is 9.64 Å². The number of ether oxygens (including phenoxy) is 1. The molecule has 2 atom stereocenters.